The van der Waals surface area contributed by atoms with Gasteiger partial charge in [0.25, 0.3) is 0 Å². The van der Waals surface area contributed by atoms with Crippen LogP contribution in [-0.4, -0.2) is 32.4 Å². The summed E-state index contributed by atoms with van der Waals surface area (Å²) in [5.74, 6) is -0.126. The number of hydrogen-bond donors (Lipinski definition) is 2. The summed E-state index contributed by atoms with van der Waals surface area (Å²) in [6.07, 6.45) is 3.29. The maximum Gasteiger partial charge on any atom is 0.222 e. The second-order valence-corrected chi connectivity index (χ2v) is 4.12. The molecule has 1 atom stereocenters. The summed E-state index contributed by atoms with van der Waals surface area (Å²) in [6.45, 7) is 0.345. The predicted octanol–water partition coefficient (Wildman–Crippen LogP) is 0.518. The highest BCUT2D eigenvalue weighted by Gasteiger charge is 2.13. The smallest absolute Gasteiger partial charge is 0.222 e. The zero-order chi connectivity index (χ0) is 13.5. The number of amides is 1. The average molecular weight is 260 g/mol. The van der Waals surface area contributed by atoms with Crippen molar-refractivity contribution in [1.29, 1.82) is 0 Å². The lowest BCUT2D eigenvalue weighted by molar-refractivity contribution is -0.122. The maximum atomic E-state index is 11.8. The number of rotatable bonds is 6. The first-order valence-corrected chi connectivity index (χ1v) is 6.07. The molecule has 6 heteroatoms. The van der Waals surface area contributed by atoms with Crippen LogP contribution in [-0.2, 0) is 11.3 Å². The van der Waals surface area contributed by atoms with Gasteiger partial charge in [0.05, 0.1) is 19.2 Å². The van der Waals surface area contributed by atoms with Gasteiger partial charge in [-0.3, -0.25) is 9.48 Å². The molecule has 0 aliphatic heterocycles. The first kappa shape index (κ1) is 13.2. The SMILES string of the molecule is O=C(CCn1cncn1)N[C@@H](CO)c1ccccc1. The topological polar surface area (TPSA) is 80.0 Å². The molecule has 19 heavy (non-hydrogen) atoms. The summed E-state index contributed by atoms with van der Waals surface area (Å²) in [5.41, 5.74) is 0.888. The van der Waals surface area contributed by atoms with Gasteiger partial charge in [-0.25, -0.2) is 4.98 Å². The van der Waals surface area contributed by atoms with E-state index in [0.29, 0.717) is 13.0 Å². The molecule has 1 aromatic carbocycles. The fourth-order valence-corrected chi connectivity index (χ4v) is 1.75. The Morgan fingerprint density at radius 1 is 1.37 bits per heavy atom. The zero-order valence-corrected chi connectivity index (χ0v) is 10.4. The lowest BCUT2D eigenvalue weighted by atomic mass is 10.1. The molecule has 6 nitrogen and oxygen atoms in total. The van der Waals surface area contributed by atoms with Crippen molar-refractivity contribution < 1.29 is 9.90 Å². The standard InChI is InChI=1S/C13H16N4O2/c18-8-12(11-4-2-1-3-5-11)16-13(19)6-7-17-10-14-9-15-17/h1-5,9-10,12,18H,6-8H2,(H,16,19)/t12-/m0/s1. The Morgan fingerprint density at radius 3 is 2.79 bits per heavy atom. The summed E-state index contributed by atoms with van der Waals surface area (Å²) >= 11 is 0. The molecular formula is C13H16N4O2. The minimum Gasteiger partial charge on any atom is -0.394 e. The lowest BCUT2D eigenvalue weighted by Gasteiger charge is -2.16. The van der Waals surface area contributed by atoms with E-state index >= 15 is 0 Å². The molecule has 0 saturated heterocycles. The van der Waals surface area contributed by atoms with E-state index in [4.69, 9.17) is 0 Å². The predicted molar refractivity (Wildman–Crippen MR) is 69.1 cm³/mol. The van der Waals surface area contributed by atoms with Crippen molar-refractivity contribution in [3.05, 3.63) is 48.5 Å². The Labute approximate surface area is 111 Å². The first-order chi connectivity index (χ1) is 9.29. The molecule has 0 fully saturated rings. The Kier molecular flexibility index (Phi) is 4.63. The van der Waals surface area contributed by atoms with Gasteiger partial charge in [-0.05, 0) is 5.56 Å². The van der Waals surface area contributed by atoms with Gasteiger partial charge < -0.3 is 10.4 Å². The molecule has 0 aliphatic rings. The van der Waals surface area contributed by atoms with Crippen LogP contribution in [0.3, 0.4) is 0 Å². The quantitative estimate of drug-likeness (QED) is 0.793. The van der Waals surface area contributed by atoms with E-state index < -0.39 is 0 Å². The summed E-state index contributed by atoms with van der Waals surface area (Å²) in [7, 11) is 0. The highest BCUT2D eigenvalue weighted by Crippen LogP contribution is 2.11. The molecule has 0 spiro atoms. The molecule has 1 aromatic heterocycles. The van der Waals surface area contributed by atoms with Crippen LogP contribution >= 0.6 is 0 Å². The second-order valence-electron chi connectivity index (χ2n) is 4.12. The number of aromatic nitrogens is 3. The fourth-order valence-electron chi connectivity index (χ4n) is 1.75. The van der Waals surface area contributed by atoms with E-state index in [1.54, 1.807) is 11.0 Å². The molecule has 0 aliphatic carbocycles. The Bertz CT molecular complexity index is 499. The highest BCUT2D eigenvalue weighted by atomic mass is 16.3. The van der Waals surface area contributed by atoms with Crippen molar-refractivity contribution in [2.75, 3.05) is 6.61 Å². The zero-order valence-electron chi connectivity index (χ0n) is 10.4. The first-order valence-electron chi connectivity index (χ1n) is 6.07. The summed E-state index contributed by atoms with van der Waals surface area (Å²) in [5, 5.41) is 16.1. The minimum absolute atomic E-state index is 0.126. The number of nitrogens with zero attached hydrogens (tertiary/aromatic N) is 3. The van der Waals surface area contributed by atoms with Crippen LogP contribution in [0.15, 0.2) is 43.0 Å². The lowest BCUT2D eigenvalue weighted by Crippen LogP contribution is -2.31. The normalized spacial score (nSPS) is 12.1. The van der Waals surface area contributed by atoms with Crippen LogP contribution in [0, 0.1) is 0 Å². The third kappa shape index (κ3) is 3.89. The molecule has 2 N–H and O–H groups in total. The summed E-state index contributed by atoms with van der Waals surface area (Å²) < 4.78 is 1.59. The van der Waals surface area contributed by atoms with E-state index in [9.17, 15) is 9.90 Å². The Morgan fingerprint density at radius 2 is 2.16 bits per heavy atom. The third-order valence-electron chi connectivity index (χ3n) is 2.75. The average Bonchev–Trinajstić information content (AvgIpc) is 2.97. The summed E-state index contributed by atoms with van der Waals surface area (Å²) in [4.78, 5) is 15.6. The highest BCUT2D eigenvalue weighted by molar-refractivity contribution is 5.76. The monoisotopic (exact) mass is 260 g/mol. The van der Waals surface area contributed by atoms with Gasteiger partial charge in [-0.2, -0.15) is 5.10 Å². The molecule has 0 unspecified atom stereocenters. The number of aliphatic hydroxyl groups is 1. The van der Waals surface area contributed by atoms with Crippen LogP contribution in [0.25, 0.3) is 0 Å². The molecule has 2 aromatic rings. The van der Waals surface area contributed by atoms with Gasteiger partial charge >= 0.3 is 0 Å². The Hall–Kier alpha value is -2.21. The molecule has 1 heterocycles. The van der Waals surface area contributed by atoms with E-state index in [-0.39, 0.29) is 18.6 Å². The number of benzene rings is 1. The van der Waals surface area contributed by atoms with Crippen LogP contribution in [0.4, 0.5) is 0 Å². The van der Waals surface area contributed by atoms with Crippen molar-refractivity contribution in [1.82, 2.24) is 20.1 Å². The summed E-state index contributed by atoms with van der Waals surface area (Å²) in [6, 6.07) is 9.02. The van der Waals surface area contributed by atoms with Crippen LogP contribution in [0.1, 0.15) is 18.0 Å². The molecule has 100 valence electrons. The number of carbonyl (C=O) groups excluding carboxylic acids is 1. The maximum absolute atomic E-state index is 11.8. The van der Waals surface area contributed by atoms with E-state index in [1.165, 1.54) is 6.33 Å². The number of aliphatic hydroxyl groups excluding tert-OH is 1. The van der Waals surface area contributed by atoms with Gasteiger partial charge in [0, 0.05) is 6.42 Å². The van der Waals surface area contributed by atoms with E-state index in [2.05, 4.69) is 15.4 Å². The second kappa shape index (κ2) is 6.65. The Balaban J connectivity index is 1.86. The van der Waals surface area contributed by atoms with Gasteiger partial charge in [-0.15, -0.1) is 0 Å². The van der Waals surface area contributed by atoms with Crippen molar-refractivity contribution in [2.45, 2.75) is 19.0 Å². The van der Waals surface area contributed by atoms with Crippen molar-refractivity contribution in [3.8, 4) is 0 Å². The molecule has 0 saturated carbocycles. The largest absolute Gasteiger partial charge is 0.394 e. The van der Waals surface area contributed by atoms with Gasteiger partial charge in [0.2, 0.25) is 5.91 Å². The van der Waals surface area contributed by atoms with Gasteiger partial charge in [-0.1, -0.05) is 30.3 Å². The van der Waals surface area contributed by atoms with Crippen molar-refractivity contribution in [2.24, 2.45) is 0 Å². The van der Waals surface area contributed by atoms with Gasteiger partial charge in [0.15, 0.2) is 0 Å². The van der Waals surface area contributed by atoms with Crippen molar-refractivity contribution in [3.63, 3.8) is 0 Å². The van der Waals surface area contributed by atoms with Crippen molar-refractivity contribution >= 4 is 5.91 Å². The molecule has 0 bridgehead atoms. The van der Waals surface area contributed by atoms with Crippen LogP contribution < -0.4 is 5.32 Å². The molecule has 0 radical (unpaired) electrons. The number of aryl methyl sites for hydroxylation is 1. The minimum atomic E-state index is -0.371. The third-order valence-corrected chi connectivity index (χ3v) is 2.75. The number of nitrogens with one attached hydrogen (secondary N) is 1. The van der Waals surface area contributed by atoms with E-state index in [1.807, 2.05) is 30.3 Å². The van der Waals surface area contributed by atoms with Crippen LogP contribution in [0.2, 0.25) is 0 Å². The molecule has 1 amide bonds. The fraction of sp³-hybridized carbons (Fsp3) is 0.308. The number of hydrogen-bond acceptors (Lipinski definition) is 4. The van der Waals surface area contributed by atoms with E-state index in [0.717, 1.165) is 5.56 Å². The van der Waals surface area contributed by atoms with Gasteiger partial charge in [0.1, 0.15) is 12.7 Å². The van der Waals surface area contributed by atoms with Crippen LogP contribution in [0.5, 0.6) is 0 Å². The number of carbonyl (C=O) groups is 1. The molecular weight excluding hydrogens is 244 g/mol. The molecule has 2 rings (SSSR count).